The highest BCUT2D eigenvalue weighted by Gasteiger charge is 2.36. The van der Waals surface area contributed by atoms with Crippen LogP contribution in [-0.2, 0) is 14.3 Å². The van der Waals surface area contributed by atoms with Gasteiger partial charge in [-0.25, -0.2) is 9.78 Å². The van der Waals surface area contributed by atoms with Crippen LogP contribution in [0.4, 0.5) is 0 Å². The van der Waals surface area contributed by atoms with Gasteiger partial charge in [-0.05, 0) is 31.1 Å². The van der Waals surface area contributed by atoms with Gasteiger partial charge in [0.2, 0.25) is 11.7 Å². The number of nitrogens with one attached hydrogen (secondary N) is 2. The summed E-state index contributed by atoms with van der Waals surface area (Å²) in [5.41, 5.74) is 1.09. The maximum absolute atomic E-state index is 12.6. The number of allylic oxidation sites excluding steroid dienone is 1. The van der Waals surface area contributed by atoms with Crippen molar-refractivity contribution in [1.29, 1.82) is 0 Å². The zero-order valence-corrected chi connectivity index (χ0v) is 14.8. The van der Waals surface area contributed by atoms with Crippen LogP contribution >= 0.6 is 0 Å². The summed E-state index contributed by atoms with van der Waals surface area (Å²) in [5, 5.41) is 13.5. The van der Waals surface area contributed by atoms with E-state index in [9.17, 15) is 14.7 Å². The third-order valence-corrected chi connectivity index (χ3v) is 5.06. The van der Waals surface area contributed by atoms with E-state index in [0.717, 1.165) is 36.6 Å². The molecule has 1 aliphatic heterocycles. The number of carbonyl (C=O) groups excluding carboxylic acids is 1. The van der Waals surface area contributed by atoms with Crippen LogP contribution in [0.15, 0.2) is 41.7 Å². The van der Waals surface area contributed by atoms with Crippen LogP contribution in [-0.4, -0.2) is 32.9 Å². The smallest absolute Gasteiger partial charge is 0.345 e. The van der Waals surface area contributed by atoms with E-state index in [1.54, 1.807) is 24.5 Å². The lowest BCUT2D eigenvalue weighted by molar-refractivity contribution is -0.134. The Balaban J connectivity index is 1.62. The number of hydrogen-bond acceptors (Lipinski definition) is 5. The monoisotopic (exact) mass is 367 g/mol. The Bertz CT molecular complexity index is 949. The van der Waals surface area contributed by atoms with Crippen molar-refractivity contribution in [3.63, 3.8) is 0 Å². The predicted molar refractivity (Wildman–Crippen MR) is 99.5 cm³/mol. The summed E-state index contributed by atoms with van der Waals surface area (Å²) < 4.78 is 5.68. The van der Waals surface area contributed by atoms with Crippen LogP contribution in [0.25, 0.3) is 17.1 Å². The average Bonchev–Trinajstić information content (AvgIpc) is 3.07. The molecule has 1 saturated carbocycles. The molecule has 4 rings (SSSR count). The number of aromatic amines is 1. The Labute approximate surface area is 156 Å². The van der Waals surface area contributed by atoms with Crippen LogP contribution in [0.3, 0.4) is 0 Å². The topological polar surface area (TPSA) is 104 Å². The third kappa shape index (κ3) is 3.45. The molecule has 0 aromatic carbocycles. The largest absolute Gasteiger partial charge is 0.477 e. The molecule has 0 amide bonds. The molecular formula is C20H21N3O4. The van der Waals surface area contributed by atoms with Gasteiger partial charge >= 0.3 is 5.97 Å². The highest BCUT2D eigenvalue weighted by Crippen LogP contribution is 2.29. The van der Waals surface area contributed by atoms with Crippen molar-refractivity contribution in [1.82, 2.24) is 15.3 Å². The molecule has 2 aliphatic rings. The number of aliphatic carboxylic acids is 1. The van der Waals surface area contributed by atoms with E-state index in [4.69, 9.17) is 4.74 Å². The number of ether oxygens (including phenoxy) is 1. The standard InChI is InChI=1S/C20H21N3O4/c24-17-15(10-12-11-22-18-14(12)8-5-9-21-18)27-19(16(17)20(25)26)23-13-6-3-1-2-4-7-13/h5,8-11,13,23H,1-4,6-7H2,(H,21,22)(H,25,26). The van der Waals surface area contributed by atoms with Crippen molar-refractivity contribution in [3.05, 3.63) is 47.3 Å². The van der Waals surface area contributed by atoms with Crippen molar-refractivity contribution in [2.45, 2.75) is 44.6 Å². The van der Waals surface area contributed by atoms with Gasteiger partial charge < -0.3 is 20.1 Å². The Morgan fingerprint density at radius 1 is 1.30 bits per heavy atom. The SMILES string of the molecule is O=C(O)C1=C(NC2CCCCCC2)OC(=Cc2c[nH]c3ncccc23)C1=O. The summed E-state index contributed by atoms with van der Waals surface area (Å²) in [6.07, 6.45) is 11.4. The van der Waals surface area contributed by atoms with Crippen molar-refractivity contribution < 1.29 is 19.4 Å². The van der Waals surface area contributed by atoms with Crippen molar-refractivity contribution >= 4 is 28.9 Å². The average molecular weight is 367 g/mol. The fraction of sp³-hybridized carbons (Fsp3) is 0.350. The minimum Gasteiger partial charge on any atom is -0.477 e. The number of rotatable bonds is 4. The minimum atomic E-state index is -1.28. The third-order valence-electron chi connectivity index (χ3n) is 5.06. The number of aromatic nitrogens is 2. The first-order valence-electron chi connectivity index (χ1n) is 9.24. The minimum absolute atomic E-state index is 0.00766. The van der Waals surface area contributed by atoms with Gasteiger partial charge in [0.25, 0.3) is 0 Å². The van der Waals surface area contributed by atoms with Gasteiger partial charge in [-0.1, -0.05) is 25.7 Å². The molecule has 0 bridgehead atoms. The lowest BCUT2D eigenvalue weighted by Crippen LogP contribution is -2.29. The molecule has 1 fully saturated rings. The summed E-state index contributed by atoms with van der Waals surface area (Å²) in [6, 6.07) is 3.80. The highest BCUT2D eigenvalue weighted by atomic mass is 16.5. The fourth-order valence-corrected chi connectivity index (χ4v) is 3.67. The molecule has 140 valence electrons. The summed E-state index contributed by atoms with van der Waals surface area (Å²) >= 11 is 0. The molecular weight excluding hydrogens is 346 g/mol. The van der Waals surface area contributed by atoms with Gasteiger partial charge in [-0.2, -0.15) is 0 Å². The summed E-state index contributed by atoms with van der Waals surface area (Å²) in [4.78, 5) is 31.5. The highest BCUT2D eigenvalue weighted by molar-refractivity contribution is 6.26. The molecule has 0 atom stereocenters. The Morgan fingerprint density at radius 3 is 2.81 bits per heavy atom. The molecule has 7 nitrogen and oxygen atoms in total. The van der Waals surface area contributed by atoms with Crippen molar-refractivity contribution in [2.75, 3.05) is 0 Å². The van der Waals surface area contributed by atoms with E-state index >= 15 is 0 Å². The molecule has 1 aliphatic carbocycles. The molecule has 0 unspecified atom stereocenters. The van der Waals surface area contributed by atoms with Gasteiger partial charge in [0, 0.05) is 29.4 Å². The second-order valence-corrected chi connectivity index (χ2v) is 6.93. The number of fused-ring (bicyclic) bond motifs is 1. The van der Waals surface area contributed by atoms with E-state index in [2.05, 4.69) is 15.3 Å². The van der Waals surface area contributed by atoms with Crippen molar-refractivity contribution in [2.24, 2.45) is 0 Å². The van der Waals surface area contributed by atoms with E-state index in [1.807, 2.05) is 6.07 Å². The first kappa shape index (κ1) is 17.3. The van der Waals surface area contributed by atoms with Gasteiger partial charge in [0.1, 0.15) is 5.65 Å². The Morgan fingerprint density at radius 2 is 2.07 bits per heavy atom. The van der Waals surface area contributed by atoms with Gasteiger partial charge in [0.05, 0.1) is 0 Å². The molecule has 0 saturated heterocycles. The predicted octanol–water partition coefficient (Wildman–Crippen LogP) is 3.11. The number of nitrogens with zero attached hydrogens (tertiary/aromatic N) is 1. The van der Waals surface area contributed by atoms with Crippen LogP contribution in [0.5, 0.6) is 0 Å². The lowest BCUT2D eigenvalue weighted by atomic mass is 10.1. The first-order valence-corrected chi connectivity index (χ1v) is 9.24. The molecule has 3 N–H and O–H groups in total. The molecule has 7 heteroatoms. The van der Waals surface area contributed by atoms with Gasteiger partial charge in [-0.3, -0.25) is 4.79 Å². The normalized spacial score (nSPS) is 20.1. The Hall–Kier alpha value is -3.09. The lowest BCUT2D eigenvalue weighted by Gasteiger charge is -2.18. The Kier molecular flexibility index (Phi) is 4.66. The molecule has 2 aromatic rings. The second-order valence-electron chi connectivity index (χ2n) is 6.93. The number of carbonyl (C=O) groups is 2. The number of pyridine rings is 1. The zero-order chi connectivity index (χ0) is 18.8. The molecule has 3 heterocycles. The second kappa shape index (κ2) is 7.26. The summed E-state index contributed by atoms with van der Waals surface area (Å²) in [6.45, 7) is 0. The number of H-pyrrole nitrogens is 1. The molecule has 0 radical (unpaired) electrons. The van der Waals surface area contributed by atoms with E-state index in [0.29, 0.717) is 5.65 Å². The number of hydrogen-bond donors (Lipinski definition) is 3. The van der Waals surface area contributed by atoms with Crippen LogP contribution in [0.2, 0.25) is 0 Å². The van der Waals surface area contributed by atoms with E-state index in [-0.39, 0.29) is 23.3 Å². The molecule has 2 aromatic heterocycles. The maximum atomic E-state index is 12.6. The molecule has 0 spiro atoms. The van der Waals surface area contributed by atoms with Gasteiger partial charge in [0.15, 0.2) is 11.3 Å². The summed E-state index contributed by atoms with van der Waals surface area (Å²) in [5.74, 6) is -1.83. The number of ketones is 1. The van der Waals surface area contributed by atoms with E-state index in [1.165, 1.54) is 12.8 Å². The van der Waals surface area contributed by atoms with Crippen molar-refractivity contribution in [3.8, 4) is 0 Å². The van der Waals surface area contributed by atoms with Crippen LogP contribution < -0.4 is 5.32 Å². The van der Waals surface area contributed by atoms with Gasteiger partial charge in [-0.15, -0.1) is 0 Å². The van der Waals surface area contributed by atoms with Crippen LogP contribution in [0.1, 0.15) is 44.1 Å². The number of carboxylic acid groups (broad SMARTS) is 1. The number of Topliss-reactive ketones (excluding diaryl/α,β-unsaturated/α-hetero) is 1. The van der Waals surface area contributed by atoms with E-state index < -0.39 is 11.8 Å². The summed E-state index contributed by atoms with van der Waals surface area (Å²) in [7, 11) is 0. The maximum Gasteiger partial charge on any atom is 0.345 e. The van der Waals surface area contributed by atoms with Crippen LogP contribution in [0, 0.1) is 0 Å². The zero-order valence-electron chi connectivity index (χ0n) is 14.8. The number of carboxylic acids is 1. The fourth-order valence-electron chi connectivity index (χ4n) is 3.67. The first-order chi connectivity index (χ1) is 13.1. The quantitative estimate of drug-likeness (QED) is 0.436. The molecule has 27 heavy (non-hydrogen) atoms.